The number of hydrogen-bond donors (Lipinski definition) is 1. The summed E-state index contributed by atoms with van der Waals surface area (Å²) in [4.78, 5) is 5.72. The normalized spacial score (nSPS) is 11.8. The Balaban J connectivity index is 0.000000338. The summed E-state index contributed by atoms with van der Waals surface area (Å²) in [5.41, 5.74) is 3.16. The van der Waals surface area contributed by atoms with Gasteiger partial charge in [-0.2, -0.15) is 0 Å². The van der Waals surface area contributed by atoms with Crippen LogP contribution in [0.1, 0.15) is 5.56 Å². The molecule has 1 aromatic carbocycles. The average Bonchev–Trinajstić information content (AvgIpc) is 2.53. The number of nitrogens with zero attached hydrogens (tertiary/aromatic N) is 1. The van der Waals surface area contributed by atoms with Gasteiger partial charge in [0, 0.05) is 12.1 Å². The summed E-state index contributed by atoms with van der Waals surface area (Å²) in [7, 11) is 1.62. The van der Waals surface area contributed by atoms with Crippen molar-refractivity contribution in [1.82, 2.24) is 4.98 Å². The minimum Gasteiger partial charge on any atom is -0.750 e. The van der Waals surface area contributed by atoms with Crippen LogP contribution in [0.15, 0.2) is 30.3 Å². The van der Waals surface area contributed by atoms with Gasteiger partial charge in [-0.25, -0.2) is 9.19 Å². The zero-order valence-corrected chi connectivity index (χ0v) is 13.9. The second-order valence-corrected chi connectivity index (χ2v) is 6.15. The number of benzene rings is 2. The first-order valence-electron chi connectivity index (χ1n) is 6.32. The maximum Gasteiger partial charge on any atom is 0.240 e. The largest absolute Gasteiger partial charge is 0.750 e. The lowest BCUT2D eigenvalue weighted by Crippen LogP contribution is -2.45. The molecule has 122 valence electrons. The molecular weight excluding hydrogens is 340 g/mol. The van der Waals surface area contributed by atoms with Crippen LogP contribution in [-0.2, 0) is 15.7 Å². The van der Waals surface area contributed by atoms with Crippen LogP contribution >= 0.6 is 11.3 Å². The zero-order chi connectivity index (χ0) is 17.0. The van der Waals surface area contributed by atoms with Crippen molar-refractivity contribution in [3.63, 3.8) is 0 Å². The van der Waals surface area contributed by atoms with Gasteiger partial charge >= 0.3 is 0 Å². The van der Waals surface area contributed by atoms with Crippen molar-refractivity contribution in [3.05, 3.63) is 41.3 Å². The highest BCUT2D eigenvalue weighted by Gasteiger charge is 2.12. The summed E-state index contributed by atoms with van der Waals surface area (Å²) in [5.74, 6) is 0.675. The molecule has 2 N–H and O–H groups in total. The van der Waals surface area contributed by atoms with E-state index in [-0.39, 0.29) is 0 Å². The summed E-state index contributed by atoms with van der Waals surface area (Å²) < 4.78 is 26.5. The fraction of sp³-hybridized carbons (Fsp3) is 0.143. The molecule has 3 rings (SSSR count). The maximum atomic E-state index is 8.83. The third-order valence-electron chi connectivity index (χ3n) is 2.94. The van der Waals surface area contributed by atoms with Gasteiger partial charge in [0.25, 0.3) is 0 Å². The smallest absolute Gasteiger partial charge is 0.240 e. The molecule has 1 aromatic rings. The van der Waals surface area contributed by atoms with Crippen LogP contribution < -0.4 is 20.8 Å². The predicted octanol–water partition coefficient (Wildman–Crippen LogP) is -0.550. The number of aromatic nitrogens is 1. The summed E-state index contributed by atoms with van der Waals surface area (Å²) in [6.45, 7) is 2.08. The van der Waals surface area contributed by atoms with Gasteiger partial charge in [0.05, 0.1) is 39.3 Å². The van der Waals surface area contributed by atoms with E-state index in [2.05, 4.69) is 28.4 Å². The maximum absolute atomic E-state index is 8.83. The average molecular weight is 353 g/mol. The fourth-order valence-electron chi connectivity index (χ4n) is 1.95. The number of ether oxygens (including phenoxy) is 1. The molecule has 1 heterocycles. The minimum absolute atomic E-state index is 0.648. The van der Waals surface area contributed by atoms with Crippen LogP contribution in [0.5, 0.6) is 5.75 Å². The highest BCUT2D eigenvalue weighted by atomic mass is 32.2. The molecule has 0 amide bonds. The van der Waals surface area contributed by atoms with Gasteiger partial charge in [-0.1, -0.05) is 6.07 Å². The Hall–Kier alpha value is -1.91. The van der Waals surface area contributed by atoms with Crippen LogP contribution in [0.4, 0.5) is 0 Å². The molecule has 2 aliphatic rings. The van der Waals surface area contributed by atoms with Gasteiger partial charge in [0.2, 0.25) is 5.36 Å². The van der Waals surface area contributed by atoms with Crippen LogP contribution in [0.3, 0.4) is 0 Å². The van der Waals surface area contributed by atoms with Crippen LogP contribution in [0.25, 0.3) is 20.8 Å². The topological polar surface area (TPSA) is 120 Å². The van der Waals surface area contributed by atoms with Gasteiger partial charge < -0.3 is 18.9 Å². The quantitative estimate of drug-likeness (QED) is 0.286. The Kier molecular flexibility index (Phi) is 5.74. The Morgan fingerprint density at radius 3 is 2.61 bits per heavy atom. The first-order valence-corrected chi connectivity index (χ1v) is 8.13. The number of rotatable bonds is 2. The molecule has 1 atom stereocenters. The molecule has 0 fully saturated rings. The SMILES string of the molecule is COc1cc2nc3ccc(C)cc3sc-2cc1=[NH2+].O=S([O-])O[O-]. The Morgan fingerprint density at radius 1 is 1.30 bits per heavy atom. The van der Waals surface area contributed by atoms with E-state index < -0.39 is 11.4 Å². The number of fused-ring (bicyclic) bond motifs is 2. The van der Waals surface area contributed by atoms with Crippen LogP contribution in [0, 0.1) is 6.92 Å². The van der Waals surface area contributed by atoms with Crippen molar-refractivity contribution in [3.8, 4) is 16.3 Å². The Morgan fingerprint density at radius 2 is 2.00 bits per heavy atom. The van der Waals surface area contributed by atoms with E-state index in [9.17, 15) is 0 Å². The van der Waals surface area contributed by atoms with E-state index in [1.54, 1.807) is 18.4 Å². The number of aryl methyl sites for hydroxylation is 1. The van der Waals surface area contributed by atoms with Crippen molar-refractivity contribution in [2.24, 2.45) is 0 Å². The number of hydrogen-bond acceptors (Lipinski definition) is 7. The summed E-state index contributed by atoms with van der Waals surface area (Å²) in [5, 5.41) is 15.1. The molecule has 7 nitrogen and oxygen atoms in total. The highest BCUT2D eigenvalue weighted by molar-refractivity contribution is 7.73. The van der Waals surface area contributed by atoms with Gasteiger partial charge in [0.1, 0.15) is 0 Å². The van der Waals surface area contributed by atoms with E-state index in [1.807, 2.05) is 18.2 Å². The fourth-order valence-corrected chi connectivity index (χ4v) is 3.05. The van der Waals surface area contributed by atoms with Gasteiger partial charge in [-0.05, 0) is 24.6 Å². The van der Waals surface area contributed by atoms with Crippen LogP contribution in [0.2, 0.25) is 0 Å². The van der Waals surface area contributed by atoms with Crippen molar-refractivity contribution >= 4 is 32.9 Å². The summed E-state index contributed by atoms with van der Waals surface area (Å²) >= 11 is -1.18. The van der Waals surface area contributed by atoms with E-state index in [4.69, 9.17) is 24.2 Å². The van der Waals surface area contributed by atoms with E-state index in [0.29, 0.717) is 11.1 Å². The molecule has 0 aromatic heterocycles. The van der Waals surface area contributed by atoms with E-state index in [1.165, 1.54) is 10.3 Å². The second kappa shape index (κ2) is 7.57. The molecule has 0 bridgehead atoms. The first-order chi connectivity index (χ1) is 10.9. The van der Waals surface area contributed by atoms with Crippen LogP contribution in [-0.4, -0.2) is 20.9 Å². The lowest BCUT2D eigenvalue weighted by Gasteiger charge is -2.07. The minimum atomic E-state index is -2.88. The van der Waals surface area contributed by atoms with Crippen molar-refractivity contribution in [2.45, 2.75) is 6.92 Å². The highest BCUT2D eigenvalue weighted by Crippen LogP contribution is 2.31. The molecule has 1 unspecified atom stereocenters. The molecule has 23 heavy (non-hydrogen) atoms. The molecule has 1 aliphatic carbocycles. The lowest BCUT2D eigenvalue weighted by atomic mass is 10.2. The number of nitrogens with two attached hydrogens (primary N) is 1. The van der Waals surface area contributed by atoms with E-state index in [0.717, 1.165) is 16.1 Å². The van der Waals surface area contributed by atoms with E-state index >= 15 is 0 Å². The molecule has 9 heteroatoms. The third-order valence-corrected chi connectivity index (χ3v) is 4.15. The summed E-state index contributed by atoms with van der Waals surface area (Å²) in [6.07, 6.45) is 0. The monoisotopic (exact) mass is 353 g/mol. The zero-order valence-electron chi connectivity index (χ0n) is 12.3. The summed E-state index contributed by atoms with van der Waals surface area (Å²) in [6, 6.07) is 10.1. The van der Waals surface area contributed by atoms with Gasteiger partial charge in [0.15, 0.2) is 5.75 Å². The van der Waals surface area contributed by atoms with Crippen molar-refractivity contribution < 1.29 is 28.5 Å². The molecule has 0 spiro atoms. The predicted molar refractivity (Wildman–Crippen MR) is 82.6 cm³/mol. The van der Waals surface area contributed by atoms with Crippen molar-refractivity contribution in [2.75, 3.05) is 7.11 Å². The Bertz CT molecular complexity index is 881. The lowest BCUT2D eigenvalue weighted by molar-refractivity contribution is -0.635. The van der Waals surface area contributed by atoms with Gasteiger partial charge in [-0.3, -0.25) is 5.41 Å². The van der Waals surface area contributed by atoms with Crippen molar-refractivity contribution in [1.29, 1.82) is 0 Å². The molecule has 0 saturated carbocycles. The first kappa shape index (κ1) is 17.4. The molecule has 0 radical (unpaired) electrons. The molecule has 1 aliphatic heterocycles. The molecule has 0 saturated heterocycles. The number of methoxy groups -OCH3 is 1. The molecular formula is C14H13N2O5S2-. The third kappa shape index (κ3) is 4.30. The second-order valence-electron chi connectivity index (χ2n) is 4.52. The Labute approximate surface area is 138 Å². The van der Waals surface area contributed by atoms with Gasteiger partial charge in [-0.15, -0.1) is 11.3 Å². The standard InChI is InChI=1S/C14H12N2OS.H2O4S/c1-8-3-4-10-13(5-8)18-14-6-9(15)12(17-2)7-11(14)16-10;1-4-5(2)3/h3-7,15H,1-2H3;1H,(H,2,3)/p-1.